The second-order valence-electron chi connectivity index (χ2n) is 6.97. The number of carbonyl (C=O) groups excluding carboxylic acids is 2. The van der Waals surface area contributed by atoms with Crippen molar-refractivity contribution in [2.75, 3.05) is 0 Å². The second kappa shape index (κ2) is 11.9. The van der Waals surface area contributed by atoms with Gasteiger partial charge >= 0.3 is 0 Å². The molecule has 0 unspecified atom stereocenters. The van der Waals surface area contributed by atoms with Crippen molar-refractivity contribution in [1.29, 1.82) is 0 Å². The summed E-state index contributed by atoms with van der Waals surface area (Å²) in [4.78, 5) is 23.6. The molecule has 0 fully saturated rings. The number of amides is 2. The number of hydrogen-bond acceptors (Lipinski definition) is 5. The van der Waals surface area contributed by atoms with Crippen molar-refractivity contribution in [2.24, 2.45) is 5.73 Å². The molecule has 2 amide bonds. The summed E-state index contributed by atoms with van der Waals surface area (Å²) >= 11 is 0. The number of aryl methyl sites for hydroxylation is 2. The lowest BCUT2D eigenvalue weighted by Crippen LogP contribution is -2.31. The van der Waals surface area contributed by atoms with Gasteiger partial charge in [-0.25, -0.2) is 0 Å². The Hall–Kier alpha value is -2.70. The van der Waals surface area contributed by atoms with Crippen LogP contribution in [0.5, 0.6) is 0 Å². The lowest BCUT2D eigenvalue weighted by molar-refractivity contribution is -0.123. The number of unbranched alkanes of at least 4 members (excludes halogenated alkanes) is 4. The molecule has 2 rings (SSSR count). The van der Waals surface area contributed by atoms with Gasteiger partial charge in [-0.1, -0.05) is 62.9 Å². The van der Waals surface area contributed by atoms with E-state index in [1.165, 1.54) is 12.0 Å². The standard InChI is InChI=1S/C21H30N4O3/c1-2-3-4-5-9-12-19(27)23-17(15-18(22)26)21-25-24-20(28-21)14-13-16-10-7-6-8-11-16/h6-8,10-11,17H,2-5,9,12-15H2,1H3,(H2,22,26)(H,23,27)/t17-/m1/s1. The maximum Gasteiger partial charge on any atom is 0.239 e. The van der Waals surface area contributed by atoms with Gasteiger partial charge in [0, 0.05) is 12.8 Å². The van der Waals surface area contributed by atoms with Gasteiger partial charge in [-0.05, 0) is 18.4 Å². The minimum Gasteiger partial charge on any atom is -0.423 e. The molecule has 28 heavy (non-hydrogen) atoms. The van der Waals surface area contributed by atoms with Crippen molar-refractivity contribution in [1.82, 2.24) is 15.5 Å². The Bertz CT molecular complexity index is 730. The normalized spacial score (nSPS) is 11.9. The molecule has 0 radical (unpaired) electrons. The highest BCUT2D eigenvalue weighted by Gasteiger charge is 2.23. The van der Waals surface area contributed by atoms with E-state index < -0.39 is 11.9 Å². The summed E-state index contributed by atoms with van der Waals surface area (Å²) in [6, 6.07) is 9.32. The van der Waals surface area contributed by atoms with Gasteiger partial charge in [0.25, 0.3) is 0 Å². The van der Waals surface area contributed by atoms with Gasteiger partial charge in [0.2, 0.25) is 23.6 Å². The fourth-order valence-electron chi connectivity index (χ4n) is 2.96. The van der Waals surface area contributed by atoms with E-state index in [0.717, 1.165) is 32.1 Å². The van der Waals surface area contributed by atoms with Crippen LogP contribution in [0.1, 0.15) is 75.3 Å². The molecule has 1 aromatic heterocycles. The predicted molar refractivity (Wildman–Crippen MR) is 106 cm³/mol. The average molecular weight is 386 g/mol. The van der Waals surface area contributed by atoms with Gasteiger partial charge < -0.3 is 15.5 Å². The van der Waals surface area contributed by atoms with Crippen LogP contribution in [0.25, 0.3) is 0 Å². The molecule has 152 valence electrons. The molecule has 0 aliphatic heterocycles. The van der Waals surface area contributed by atoms with E-state index in [4.69, 9.17) is 10.2 Å². The van der Waals surface area contributed by atoms with Crippen LogP contribution in [0.3, 0.4) is 0 Å². The topological polar surface area (TPSA) is 111 Å². The van der Waals surface area contributed by atoms with Gasteiger partial charge in [-0.15, -0.1) is 10.2 Å². The largest absolute Gasteiger partial charge is 0.423 e. The molecule has 0 aliphatic carbocycles. The van der Waals surface area contributed by atoms with E-state index in [9.17, 15) is 9.59 Å². The smallest absolute Gasteiger partial charge is 0.239 e. The molecule has 1 aromatic carbocycles. The van der Waals surface area contributed by atoms with Crippen LogP contribution in [0, 0.1) is 0 Å². The van der Waals surface area contributed by atoms with Crippen molar-refractivity contribution >= 4 is 11.8 Å². The van der Waals surface area contributed by atoms with Crippen molar-refractivity contribution in [3.63, 3.8) is 0 Å². The van der Waals surface area contributed by atoms with Gasteiger partial charge in [0.15, 0.2) is 0 Å². The lowest BCUT2D eigenvalue weighted by atomic mass is 10.1. The summed E-state index contributed by atoms with van der Waals surface area (Å²) in [5.74, 6) is 0.0346. The van der Waals surface area contributed by atoms with E-state index >= 15 is 0 Å². The van der Waals surface area contributed by atoms with E-state index in [2.05, 4.69) is 22.4 Å². The van der Waals surface area contributed by atoms with Crippen molar-refractivity contribution in [3.05, 3.63) is 47.7 Å². The first kappa shape index (κ1) is 21.6. The minimum atomic E-state index is -0.682. The van der Waals surface area contributed by atoms with Crippen molar-refractivity contribution in [3.8, 4) is 0 Å². The average Bonchev–Trinajstić information content (AvgIpc) is 3.15. The number of nitrogens with one attached hydrogen (secondary N) is 1. The van der Waals surface area contributed by atoms with Crippen LogP contribution in [0.4, 0.5) is 0 Å². The van der Waals surface area contributed by atoms with E-state index in [1.54, 1.807) is 0 Å². The monoisotopic (exact) mass is 386 g/mol. The maximum absolute atomic E-state index is 12.2. The number of aromatic nitrogens is 2. The van der Waals surface area contributed by atoms with E-state index in [1.807, 2.05) is 30.3 Å². The Morgan fingerprint density at radius 2 is 1.82 bits per heavy atom. The third-order valence-corrected chi connectivity index (χ3v) is 4.50. The molecule has 0 spiro atoms. The first-order valence-electron chi connectivity index (χ1n) is 10.0. The fourth-order valence-corrected chi connectivity index (χ4v) is 2.96. The SMILES string of the molecule is CCCCCCCC(=O)N[C@H](CC(N)=O)c1nnc(CCc2ccccc2)o1. The van der Waals surface area contributed by atoms with Crippen LogP contribution in [0.15, 0.2) is 34.7 Å². The Kier molecular flexibility index (Phi) is 9.18. The summed E-state index contributed by atoms with van der Waals surface area (Å²) in [6.07, 6.45) is 7.01. The molecule has 7 heteroatoms. The van der Waals surface area contributed by atoms with Crippen LogP contribution < -0.4 is 11.1 Å². The van der Waals surface area contributed by atoms with Crippen molar-refractivity contribution in [2.45, 2.75) is 70.8 Å². The van der Waals surface area contributed by atoms with Crippen LogP contribution >= 0.6 is 0 Å². The molecule has 2 aromatic rings. The zero-order chi connectivity index (χ0) is 20.2. The van der Waals surface area contributed by atoms with Crippen LogP contribution in [-0.4, -0.2) is 22.0 Å². The maximum atomic E-state index is 12.2. The molecule has 0 aliphatic rings. The Morgan fingerprint density at radius 1 is 1.07 bits per heavy atom. The summed E-state index contributed by atoms with van der Waals surface area (Å²) < 4.78 is 5.68. The molecule has 0 bridgehead atoms. The molecule has 0 saturated heterocycles. The molecule has 0 saturated carbocycles. The summed E-state index contributed by atoms with van der Waals surface area (Å²) in [5, 5.41) is 10.9. The number of nitrogens with zero attached hydrogens (tertiary/aromatic N) is 2. The van der Waals surface area contributed by atoms with Gasteiger partial charge in [-0.2, -0.15) is 0 Å². The Balaban J connectivity index is 1.88. The van der Waals surface area contributed by atoms with Gasteiger partial charge in [0.1, 0.15) is 6.04 Å². The highest BCUT2D eigenvalue weighted by atomic mass is 16.4. The van der Waals surface area contributed by atoms with Gasteiger partial charge in [-0.3, -0.25) is 9.59 Å². The number of primary amides is 1. The Labute approximate surface area is 166 Å². The highest BCUT2D eigenvalue weighted by molar-refractivity contribution is 5.78. The predicted octanol–water partition coefficient (Wildman–Crippen LogP) is 3.25. The summed E-state index contributed by atoms with van der Waals surface area (Å²) in [7, 11) is 0. The lowest BCUT2D eigenvalue weighted by Gasteiger charge is -2.13. The number of rotatable bonds is 13. The highest BCUT2D eigenvalue weighted by Crippen LogP contribution is 2.17. The quantitative estimate of drug-likeness (QED) is 0.513. The number of hydrogen-bond donors (Lipinski definition) is 2. The Morgan fingerprint density at radius 3 is 2.54 bits per heavy atom. The first-order valence-corrected chi connectivity index (χ1v) is 10.0. The zero-order valence-corrected chi connectivity index (χ0v) is 16.5. The molecule has 3 N–H and O–H groups in total. The first-order chi connectivity index (χ1) is 13.6. The van der Waals surface area contributed by atoms with Crippen LogP contribution in [-0.2, 0) is 22.4 Å². The number of benzene rings is 1. The van der Waals surface area contributed by atoms with Crippen LogP contribution in [0.2, 0.25) is 0 Å². The van der Waals surface area contributed by atoms with E-state index in [-0.39, 0.29) is 18.2 Å². The summed E-state index contributed by atoms with van der Waals surface area (Å²) in [5.41, 5.74) is 6.50. The molecular weight excluding hydrogens is 356 g/mol. The van der Waals surface area contributed by atoms with Gasteiger partial charge in [0.05, 0.1) is 6.42 Å². The molecule has 1 heterocycles. The van der Waals surface area contributed by atoms with Crippen molar-refractivity contribution < 1.29 is 14.0 Å². The molecular formula is C21H30N4O3. The second-order valence-corrected chi connectivity index (χ2v) is 6.97. The number of carbonyl (C=O) groups is 2. The summed E-state index contributed by atoms with van der Waals surface area (Å²) in [6.45, 7) is 2.15. The third kappa shape index (κ3) is 7.90. The fraction of sp³-hybridized carbons (Fsp3) is 0.524. The van der Waals surface area contributed by atoms with E-state index in [0.29, 0.717) is 18.7 Å². The molecule has 1 atom stereocenters. The third-order valence-electron chi connectivity index (χ3n) is 4.50. The molecule has 7 nitrogen and oxygen atoms in total. The minimum absolute atomic E-state index is 0.0676. The number of nitrogens with two attached hydrogens (primary N) is 1. The zero-order valence-electron chi connectivity index (χ0n) is 16.5.